The van der Waals surface area contributed by atoms with Crippen molar-refractivity contribution in [2.45, 2.75) is 13.0 Å². The van der Waals surface area contributed by atoms with Gasteiger partial charge in [-0.2, -0.15) is 0 Å². The van der Waals surface area contributed by atoms with E-state index in [9.17, 15) is 4.79 Å². The third-order valence-corrected chi connectivity index (χ3v) is 4.99. The van der Waals surface area contributed by atoms with Crippen molar-refractivity contribution in [2.24, 2.45) is 0 Å². The van der Waals surface area contributed by atoms with E-state index in [0.717, 1.165) is 11.9 Å². The molecule has 2 N–H and O–H groups in total. The van der Waals surface area contributed by atoms with Crippen LogP contribution in [0.2, 0.25) is 10.0 Å². The Morgan fingerprint density at radius 2 is 1.83 bits per heavy atom. The van der Waals surface area contributed by atoms with Gasteiger partial charge in [-0.25, -0.2) is 4.79 Å². The van der Waals surface area contributed by atoms with Crippen LogP contribution < -0.4 is 5.32 Å². The van der Waals surface area contributed by atoms with Gasteiger partial charge in [0.2, 0.25) is 0 Å². The van der Waals surface area contributed by atoms with Gasteiger partial charge in [-0.3, -0.25) is 0 Å². The molecule has 1 aliphatic heterocycles. The van der Waals surface area contributed by atoms with Gasteiger partial charge in [-0.05, 0) is 18.2 Å². The molecule has 24 heavy (non-hydrogen) atoms. The first kappa shape index (κ1) is 15.4. The summed E-state index contributed by atoms with van der Waals surface area (Å²) in [5.74, 6) is 0. The average Bonchev–Trinajstić information content (AvgIpc) is 2.96. The summed E-state index contributed by atoms with van der Waals surface area (Å²) in [6.45, 7) is 1.21. The van der Waals surface area contributed by atoms with Gasteiger partial charge >= 0.3 is 6.03 Å². The van der Waals surface area contributed by atoms with Crippen LogP contribution in [0, 0.1) is 0 Å². The van der Waals surface area contributed by atoms with Crippen molar-refractivity contribution >= 4 is 45.8 Å². The number of hydrogen-bond acceptors (Lipinski definition) is 1. The van der Waals surface area contributed by atoms with Crippen LogP contribution in [0.25, 0.3) is 10.9 Å². The zero-order valence-electron chi connectivity index (χ0n) is 12.8. The first-order chi connectivity index (χ1) is 11.6. The lowest BCUT2D eigenvalue weighted by molar-refractivity contribution is 0.206. The van der Waals surface area contributed by atoms with Gasteiger partial charge in [0.15, 0.2) is 0 Å². The third-order valence-electron chi connectivity index (χ3n) is 4.36. The Morgan fingerprint density at radius 1 is 1.08 bits per heavy atom. The van der Waals surface area contributed by atoms with Gasteiger partial charge in [0, 0.05) is 41.7 Å². The van der Waals surface area contributed by atoms with E-state index in [1.165, 1.54) is 16.6 Å². The van der Waals surface area contributed by atoms with Crippen molar-refractivity contribution in [3.8, 4) is 0 Å². The van der Waals surface area contributed by atoms with E-state index in [2.05, 4.69) is 22.4 Å². The normalized spacial score (nSPS) is 13.8. The van der Waals surface area contributed by atoms with E-state index in [0.29, 0.717) is 28.8 Å². The molecule has 0 unspecified atom stereocenters. The number of carbonyl (C=O) groups excluding carboxylic acids is 1. The molecule has 2 amide bonds. The zero-order valence-corrected chi connectivity index (χ0v) is 14.3. The predicted molar refractivity (Wildman–Crippen MR) is 97.9 cm³/mol. The number of benzene rings is 2. The minimum Gasteiger partial charge on any atom is -0.358 e. The summed E-state index contributed by atoms with van der Waals surface area (Å²) in [4.78, 5) is 17.8. The van der Waals surface area contributed by atoms with Crippen molar-refractivity contribution in [2.75, 3.05) is 11.9 Å². The lowest BCUT2D eigenvalue weighted by atomic mass is 10.0. The fourth-order valence-electron chi connectivity index (χ4n) is 3.14. The number of rotatable bonds is 1. The van der Waals surface area contributed by atoms with Crippen molar-refractivity contribution in [1.82, 2.24) is 9.88 Å². The van der Waals surface area contributed by atoms with Gasteiger partial charge in [-0.15, -0.1) is 0 Å². The molecule has 3 aromatic rings. The minimum absolute atomic E-state index is 0.194. The maximum Gasteiger partial charge on any atom is 0.322 e. The fraction of sp³-hybridized carbons (Fsp3) is 0.167. The van der Waals surface area contributed by atoms with E-state index in [4.69, 9.17) is 23.2 Å². The number of aromatic nitrogens is 1. The summed E-state index contributed by atoms with van der Waals surface area (Å²) in [5.41, 5.74) is 3.95. The summed E-state index contributed by atoms with van der Waals surface area (Å²) in [7, 11) is 0. The molecule has 0 spiro atoms. The smallest absolute Gasteiger partial charge is 0.322 e. The quantitative estimate of drug-likeness (QED) is 0.626. The number of aromatic amines is 1. The SMILES string of the molecule is O=C(Nc1c(Cl)cccc1Cl)N1CCc2[nH]c3ccccc3c2C1. The highest BCUT2D eigenvalue weighted by atomic mass is 35.5. The number of hydrogen-bond donors (Lipinski definition) is 2. The van der Waals surface area contributed by atoms with Crippen LogP contribution in [0.5, 0.6) is 0 Å². The van der Waals surface area contributed by atoms with Crippen molar-refractivity contribution in [3.63, 3.8) is 0 Å². The van der Waals surface area contributed by atoms with E-state index in [1.807, 2.05) is 12.1 Å². The maximum atomic E-state index is 12.6. The molecule has 122 valence electrons. The number of carbonyl (C=O) groups is 1. The Hall–Kier alpha value is -2.17. The molecule has 2 aromatic carbocycles. The highest BCUT2D eigenvalue weighted by molar-refractivity contribution is 6.39. The van der Waals surface area contributed by atoms with Crippen LogP contribution in [0.1, 0.15) is 11.3 Å². The number of amides is 2. The van der Waals surface area contributed by atoms with Crippen LogP contribution in [-0.2, 0) is 13.0 Å². The Balaban J connectivity index is 1.59. The molecule has 4 nitrogen and oxygen atoms in total. The second-order valence-corrected chi connectivity index (χ2v) is 6.64. The number of fused-ring (bicyclic) bond motifs is 3. The maximum absolute atomic E-state index is 12.6. The van der Waals surface area contributed by atoms with Crippen LogP contribution >= 0.6 is 23.2 Å². The molecular formula is C18H15Cl2N3O. The number of urea groups is 1. The monoisotopic (exact) mass is 359 g/mol. The summed E-state index contributed by atoms with van der Waals surface area (Å²) in [6, 6.07) is 13.1. The summed E-state index contributed by atoms with van der Waals surface area (Å²) in [5, 5.41) is 4.86. The molecule has 0 saturated carbocycles. The average molecular weight is 360 g/mol. The number of nitrogens with one attached hydrogen (secondary N) is 2. The van der Waals surface area contributed by atoms with Gasteiger partial charge in [-0.1, -0.05) is 47.5 Å². The summed E-state index contributed by atoms with van der Waals surface area (Å²) < 4.78 is 0. The molecule has 0 aliphatic carbocycles. The predicted octanol–water partition coefficient (Wildman–Crippen LogP) is 5.06. The Labute approximate surface area is 149 Å². The van der Waals surface area contributed by atoms with Crippen molar-refractivity contribution in [1.29, 1.82) is 0 Å². The molecule has 2 heterocycles. The van der Waals surface area contributed by atoms with Crippen molar-refractivity contribution in [3.05, 3.63) is 63.8 Å². The molecule has 0 radical (unpaired) electrons. The van der Waals surface area contributed by atoms with E-state index in [-0.39, 0.29) is 6.03 Å². The largest absolute Gasteiger partial charge is 0.358 e. The molecule has 0 fully saturated rings. The lowest BCUT2D eigenvalue weighted by Crippen LogP contribution is -2.38. The van der Waals surface area contributed by atoms with Gasteiger partial charge in [0.05, 0.1) is 15.7 Å². The molecule has 1 aliphatic rings. The molecular weight excluding hydrogens is 345 g/mol. The molecule has 0 bridgehead atoms. The van der Waals surface area contributed by atoms with E-state index >= 15 is 0 Å². The number of para-hydroxylation sites is 2. The van der Waals surface area contributed by atoms with Crippen LogP contribution in [0.4, 0.5) is 10.5 Å². The van der Waals surface area contributed by atoms with Gasteiger partial charge in [0.1, 0.15) is 0 Å². The molecule has 4 rings (SSSR count). The number of anilines is 1. The second kappa shape index (κ2) is 6.04. The standard InChI is InChI=1S/C18H15Cl2N3O/c19-13-5-3-6-14(20)17(13)22-18(24)23-9-8-16-12(10-23)11-4-1-2-7-15(11)21-16/h1-7,21H,8-10H2,(H,22,24). The lowest BCUT2D eigenvalue weighted by Gasteiger charge is -2.27. The van der Waals surface area contributed by atoms with E-state index in [1.54, 1.807) is 23.1 Å². The number of H-pyrrole nitrogens is 1. The second-order valence-electron chi connectivity index (χ2n) is 5.83. The van der Waals surface area contributed by atoms with E-state index < -0.39 is 0 Å². The third kappa shape index (κ3) is 2.62. The van der Waals surface area contributed by atoms with Gasteiger partial charge < -0.3 is 15.2 Å². The summed E-state index contributed by atoms with van der Waals surface area (Å²) >= 11 is 12.3. The minimum atomic E-state index is -0.194. The summed E-state index contributed by atoms with van der Waals surface area (Å²) in [6.07, 6.45) is 0.799. The first-order valence-electron chi connectivity index (χ1n) is 7.72. The number of nitrogens with zero attached hydrogens (tertiary/aromatic N) is 1. The Kier molecular flexibility index (Phi) is 3.87. The molecule has 0 atom stereocenters. The zero-order chi connectivity index (χ0) is 16.7. The molecule has 6 heteroatoms. The fourth-order valence-corrected chi connectivity index (χ4v) is 3.64. The van der Waals surface area contributed by atoms with Crippen molar-refractivity contribution < 1.29 is 4.79 Å². The molecule has 1 aromatic heterocycles. The topological polar surface area (TPSA) is 48.1 Å². The Bertz CT molecular complexity index is 915. The first-order valence-corrected chi connectivity index (χ1v) is 8.47. The van der Waals surface area contributed by atoms with Crippen LogP contribution in [0.15, 0.2) is 42.5 Å². The van der Waals surface area contributed by atoms with Crippen LogP contribution in [-0.4, -0.2) is 22.5 Å². The number of halogens is 2. The highest BCUT2D eigenvalue weighted by Crippen LogP contribution is 2.31. The van der Waals surface area contributed by atoms with Crippen LogP contribution in [0.3, 0.4) is 0 Å². The highest BCUT2D eigenvalue weighted by Gasteiger charge is 2.24. The van der Waals surface area contributed by atoms with Gasteiger partial charge in [0.25, 0.3) is 0 Å². The Morgan fingerprint density at radius 3 is 2.62 bits per heavy atom. The molecule has 0 saturated heterocycles.